The highest BCUT2D eigenvalue weighted by atomic mass is 32.2. The van der Waals surface area contributed by atoms with Crippen LogP contribution in [0.5, 0.6) is 0 Å². The molecule has 1 N–H and O–H groups in total. The van der Waals surface area contributed by atoms with E-state index in [4.69, 9.17) is 0 Å². The average Bonchev–Trinajstić information content (AvgIpc) is 3.19. The molecule has 1 fully saturated rings. The fraction of sp³-hybridized carbons (Fsp3) is 0.312. The topological polar surface area (TPSA) is 67.2 Å². The van der Waals surface area contributed by atoms with Gasteiger partial charge in [-0.1, -0.05) is 24.3 Å². The fourth-order valence-corrected chi connectivity index (χ4v) is 3.32. The van der Waals surface area contributed by atoms with Gasteiger partial charge in [-0.2, -0.15) is 5.10 Å². The standard InChI is InChI=1S/C16H18N4O2S/c21-15(10-19-12-23-11-16(19)22)17-8-13-4-1-2-5-14(13)9-20-7-3-6-18-20/h1-7H,8-12H2,(H,17,21). The summed E-state index contributed by atoms with van der Waals surface area (Å²) in [7, 11) is 0. The molecule has 0 bridgehead atoms. The number of hydrogen-bond donors (Lipinski definition) is 1. The maximum absolute atomic E-state index is 12.0. The van der Waals surface area contributed by atoms with Gasteiger partial charge in [-0.3, -0.25) is 14.3 Å². The first kappa shape index (κ1) is 15.6. The lowest BCUT2D eigenvalue weighted by Gasteiger charge is -2.15. The number of nitrogens with one attached hydrogen (secondary N) is 1. The molecule has 23 heavy (non-hydrogen) atoms. The number of aromatic nitrogens is 2. The zero-order valence-electron chi connectivity index (χ0n) is 12.6. The van der Waals surface area contributed by atoms with Gasteiger partial charge in [0.2, 0.25) is 11.8 Å². The Morgan fingerprint density at radius 2 is 2.09 bits per heavy atom. The van der Waals surface area contributed by atoms with Crippen molar-refractivity contribution in [3.8, 4) is 0 Å². The summed E-state index contributed by atoms with van der Waals surface area (Å²) in [6.07, 6.45) is 3.65. The van der Waals surface area contributed by atoms with Crippen molar-refractivity contribution in [3.05, 3.63) is 53.9 Å². The highest BCUT2D eigenvalue weighted by molar-refractivity contribution is 8.00. The fourth-order valence-electron chi connectivity index (χ4n) is 2.42. The van der Waals surface area contributed by atoms with Gasteiger partial charge in [0.05, 0.1) is 18.2 Å². The van der Waals surface area contributed by atoms with Crippen molar-refractivity contribution in [1.29, 1.82) is 0 Å². The molecular weight excluding hydrogens is 312 g/mol. The second-order valence-corrected chi connectivity index (χ2v) is 6.27. The van der Waals surface area contributed by atoms with Crippen molar-refractivity contribution in [2.24, 2.45) is 0 Å². The van der Waals surface area contributed by atoms with Crippen LogP contribution in [0.2, 0.25) is 0 Å². The molecule has 1 aromatic carbocycles. The molecule has 0 aliphatic carbocycles. The number of benzene rings is 1. The van der Waals surface area contributed by atoms with E-state index >= 15 is 0 Å². The van der Waals surface area contributed by atoms with Crippen LogP contribution >= 0.6 is 11.8 Å². The minimum Gasteiger partial charge on any atom is -0.350 e. The highest BCUT2D eigenvalue weighted by Crippen LogP contribution is 2.14. The van der Waals surface area contributed by atoms with E-state index in [9.17, 15) is 9.59 Å². The Bertz CT molecular complexity index is 687. The summed E-state index contributed by atoms with van der Waals surface area (Å²) in [5.41, 5.74) is 2.17. The van der Waals surface area contributed by atoms with Crippen molar-refractivity contribution in [2.75, 3.05) is 18.2 Å². The Kier molecular flexibility index (Phi) is 4.97. The minimum absolute atomic E-state index is 0.0317. The van der Waals surface area contributed by atoms with Crippen LogP contribution in [0.4, 0.5) is 0 Å². The van der Waals surface area contributed by atoms with Crippen LogP contribution in [-0.4, -0.2) is 44.7 Å². The Morgan fingerprint density at radius 1 is 1.26 bits per heavy atom. The lowest BCUT2D eigenvalue weighted by molar-refractivity contribution is -0.132. The van der Waals surface area contributed by atoms with Crippen LogP contribution in [0.1, 0.15) is 11.1 Å². The van der Waals surface area contributed by atoms with E-state index in [1.165, 1.54) is 11.8 Å². The van der Waals surface area contributed by atoms with Gasteiger partial charge in [0.1, 0.15) is 6.54 Å². The molecule has 0 spiro atoms. The van der Waals surface area contributed by atoms with E-state index < -0.39 is 0 Å². The molecule has 0 saturated carbocycles. The molecule has 7 heteroatoms. The highest BCUT2D eigenvalue weighted by Gasteiger charge is 2.22. The minimum atomic E-state index is -0.130. The van der Waals surface area contributed by atoms with E-state index in [-0.39, 0.29) is 18.4 Å². The normalized spacial score (nSPS) is 14.3. The molecule has 0 unspecified atom stereocenters. The SMILES string of the molecule is O=C(CN1CSCC1=O)NCc1ccccc1Cn1cccn1. The van der Waals surface area contributed by atoms with Crippen LogP contribution < -0.4 is 5.32 Å². The third kappa shape index (κ3) is 4.13. The zero-order chi connectivity index (χ0) is 16.1. The summed E-state index contributed by atoms with van der Waals surface area (Å²) in [6, 6.07) is 9.84. The van der Waals surface area contributed by atoms with E-state index in [0.717, 1.165) is 11.1 Å². The summed E-state index contributed by atoms with van der Waals surface area (Å²) in [5.74, 6) is 0.973. The Morgan fingerprint density at radius 3 is 2.78 bits per heavy atom. The van der Waals surface area contributed by atoms with Crippen molar-refractivity contribution >= 4 is 23.6 Å². The largest absolute Gasteiger partial charge is 0.350 e. The van der Waals surface area contributed by atoms with Crippen molar-refractivity contribution < 1.29 is 9.59 Å². The van der Waals surface area contributed by atoms with Gasteiger partial charge in [0.15, 0.2) is 0 Å². The summed E-state index contributed by atoms with van der Waals surface area (Å²) >= 11 is 1.54. The van der Waals surface area contributed by atoms with Crippen molar-refractivity contribution in [2.45, 2.75) is 13.1 Å². The molecular formula is C16H18N4O2S. The molecule has 2 heterocycles. The van der Waals surface area contributed by atoms with E-state index in [1.807, 2.05) is 41.2 Å². The number of nitrogens with zero attached hydrogens (tertiary/aromatic N) is 3. The smallest absolute Gasteiger partial charge is 0.239 e. The molecule has 1 aromatic heterocycles. The van der Waals surface area contributed by atoms with Crippen molar-refractivity contribution in [3.63, 3.8) is 0 Å². The Balaban J connectivity index is 1.57. The second kappa shape index (κ2) is 7.32. The first-order chi connectivity index (χ1) is 11.2. The van der Waals surface area contributed by atoms with Crippen LogP contribution in [0.3, 0.4) is 0 Å². The second-order valence-electron chi connectivity index (χ2n) is 5.32. The lowest BCUT2D eigenvalue weighted by Crippen LogP contribution is -2.38. The number of rotatable bonds is 6. The van der Waals surface area contributed by atoms with Gasteiger partial charge in [0, 0.05) is 18.9 Å². The van der Waals surface area contributed by atoms with Gasteiger partial charge in [-0.25, -0.2) is 0 Å². The number of carbonyl (C=O) groups excluding carboxylic acids is 2. The van der Waals surface area contributed by atoms with Gasteiger partial charge in [-0.05, 0) is 17.2 Å². The van der Waals surface area contributed by atoms with Crippen LogP contribution in [-0.2, 0) is 22.7 Å². The Hall–Kier alpha value is -2.28. The van der Waals surface area contributed by atoms with E-state index in [1.54, 1.807) is 11.1 Å². The van der Waals surface area contributed by atoms with Crippen LogP contribution in [0.15, 0.2) is 42.7 Å². The molecule has 3 rings (SSSR count). The van der Waals surface area contributed by atoms with E-state index in [0.29, 0.717) is 24.7 Å². The predicted octanol–water partition coefficient (Wildman–Crippen LogP) is 1.08. The zero-order valence-corrected chi connectivity index (χ0v) is 13.5. The summed E-state index contributed by atoms with van der Waals surface area (Å²) in [4.78, 5) is 25.1. The van der Waals surface area contributed by atoms with E-state index in [2.05, 4.69) is 10.4 Å². The number of amides is 2. The number of hydrogen-bond acceptors (Lipinski definition) is 4. The third-order valence-electron chi connectivity index (χ3n) is 3.65. The number of thioether (sulfide) groups is 1. The van der Waals surface area contributed by atoms with Gasteiger partial charge >= 0.3 is 0 Å². The van der Waals surface area contributed by atoms with Gasteiger partial charge < -0.3 is 10.2 Å². The third-order valence-corrected chi connectivity index (χ3v) is 4.59. The molecule has 1 aliphatic rings. The molecule has 0 radical (unpaired) electrons. The van der Waals surface area contributed by atoms with Crippen molar-refractivity contribution in [1.82, 2.24) is 20.0 Å². The summed E-state index contributed by atoms with van der Waals surface area (Å²) < 4.78 is 1.85. The molecule has 1 saturated heterocycles. The Labute approximate surface area is 138 Å². The predicted molar refractivity (Wildman–Crippen MR) is 88.7 cm³/mol. The average molecular weight is 330 g/mol. The number of carbonyl (C=O) groups is 2. The van der Waals surface area contributed by atoms with Crippen LogP contribution in [0.25, 0.3) is 0 Å². The molecule has 1 aliphatic heterocycles. The van der Waals surface area contributed by atoms with Crippen LogP contribution in [0, 0.1) is 0 Å². The molecule has 0 atom stereocenters. The molecule has 120 valence electrons. The summed E-state index contributed by atoms with van der Waals surface area (Å²) in [5, 5.41) is 7.10. The maximum Gasteiger partial charge on any atom is 0.239 e. The first-order valence-electron chi connectivity index (χ1n) is 7.39. The molecule has 2 amide bonds. The monoisotopic (exact) mass is 330 g/mol. The first-order valence-corrected chi connectivity index (χ1v) is 8.54. The molecule has 2 aromatic rings. The van der Waals surface area contributed by atoms with Gasteiger partial charge in [-0.15, -0.1) is 11.8 Å². The quantitative estimate of drug-likeness (QED) is 0.861. The van der Waals surface area contributed by atoms with Gasteiger partial charge in [0.25, 0.3) is 0 Å². The lowest BCUT2D eigenvalue weighted by atomic mass is 10.1. The maximum atomic E-state index is 12.0. The molecule has 6 nitrogen and oxygen atoms in total. The summed E-state index contributed by atoms with van der Waals surface area (Å²) in [6.45, 7) is 1.25.